The summed E-state index contributed by atoms with van der Waals surface area (Å²) < 4.78 is 0. The number of anilines is 2. The molecule has 22 heavy (non-hydrogen) atoms. The van der Waals surface area contributed by atoms with Crippen LogP contribution in [0.25, 0.3) is 0 Å². The Morgan fingerprint density at radius 1 is 1.14 bits per heavy atom. The lowest BCUT2D eigenvalue weighted by Gasteiger charge is -2.23. The van der Waals surface area contributed by atoms with Crippen molar-refractivity contribution in [3.05, 3.63) is 54.9 Å². The Balaban J connectivity index is 2.09. The lowest BCUT2D eigenvalue weighted by Crippen LogP contribution is -2.36. The van der Waals surface area contributed by atoms with Gasteiger partial charge in [0.1, 0.15) is 0 Å². The maximum Gasteiger partial charge on any atom is 0.326 e. The second-order valence-corrected chi connectivity index (χ2v) is 4.66. The zero-order valence-electron chi connectivity index (χ0n) is 12.0. The van der Waals surface area contributed by atoms with E-state index in [0.717, 1.165) is 0 Å². The SMILES string of the molecule is O=C(O)CCCN(C(=O)Nc1cccnc1)c1ccccc1. The van der Waals surface area contributed by atoms with Crippen LogP contribution in [0.15, 0.2) is 54.9 Å². The predicted octanol–water partition coefficient (Wildman–Crippen LogP) is 2.98. The quantitative estimate of drug-likeness (QED) is 0.859. The van der Waals surface area contributed by atoms with Gasteiger partial charge in [0.25, 0.3) is 0 Å². The largest absolute Gasteiger partial charge is 0.481 e. The highest BCUT2D eigenvalue weighted by atomic mass is 16.4. The summed E-state index contributed by atoms with van der Waals surface area (Å²) in [5, 5.41) is 11.5. The summed E-state index contributed by atoms with van der Waals surface area (Å²) in [6.07, 6.45) is 3.57. The summed E-state index contributed by atoms with van der Waals surface area (Å²) in [5.41, 5.74) is 1.31. The highest BCUT2D eigenvalue weighted by Gasteiger charge is 2.16. The van der Waals surface area contributed by atoms with E-state index < -0.39 is 5.97 Å². The Labute approximate surface area is 128 Å². The average molecular weight is 299 g/mol. The maximum atomic E-state index is 12.4. The number of nitrogens with zero attached hydrogens (tertiary/aromatic N) is 2. The molecule has 6 nitrogen and oxygen atoms in total. The number of amides is 2. The summed E-state index contributed by atoms with van der Waals surface area (Å²) in [7, 11) is 0. The molecule has 0 bridgehead atoms. The van der Waals surface area contributed by atoms with Gasteiger partial charge >= 0.3 is 12.0 Å². The third-order valence-electron chi connectivity index (χ3n) is 3.00. The number of hydrogen-bond acceptors (Lipinski definition) is 3. The zero-order chi connectivity index (χ0) is 15.8. The Morgan fingerprint density at radius 2 is 1.91 bits per heavy atom. The molecule has 0 aliphatic heterocycles. The highest BCUT2D eigenvalue weighted by Crippen LogP contribution is 2.16. The maximum absolute atomic E-state index is 12.4. The van der Waals surface area contributed by atoms with Gasteiger partial charge in [-0.25, -0.2) is 4.79 Å². The van der Waals surface area contributed by atoms with E-state index in [1.165, 1.54) is 4.90 Å². The van der Waals surface area contributed by atoms with Crippen LogP contribution in [-0.4, -0.2) is 28.6 Å². The summed E-state index contributed by atoms with van der Waals surface area (Å²) >= 11 is 0. The molecule has 0 unspecified atom stereocenters. The molecule has 0 saturated carbocycles. The fourth-order valence-corrected chi connectivity index (χ4v) is 1.97. The zero-order valence-corrected chi connectivity index (χ0v) is 12.0. The molecule has 1 aromatic heterocycles. The summed E-state index contributed by atoms with van der Waals surface area (Å²) in [4.78, 5) is 28.5. The van der Waals surface area contributed by atoms with Crippen LogP contribution < -0.4 is 10.2 Å². The first-order valence-corrected chi connectivity index (χ1v) is 6.92. The van der Waals surface area contributed by atoms with E-state index in [9.17, 15) is 9.59 Å². The van der Waals surface area contributed by atoms with E-state index in [1.807, 2.05) is 30.3 Å². The number of hydrogen-bond donors (Lipinski definition) is 2. The number of urea groups is 1. The average Bonchev–Trinajstić information content (AvgIpc) is 2.53. The van der Waals surface area contributed by atoms with Crippen LogP contribution in [0, 0.1) is 0 Å². The van der Waals surface area contributed by atoms with Crippen molar-refractivity contribution in [2.45, 2.75) is 12.8 Å². The standard InChI is InChI=1S/C16H17N3O3/c20-15(21)9-5-11-19(14-7-2-1-3-8-14)16(22)18-13-6-4-10-17-12-13/h1-4,6-8,10,12H,5,9,11H2,(H,18,22)(H,20,21). The van der Waals surface area contributed by atoms with Crippen molar-refractivity contribution in [1.82, 2.24) is 4.98 Å². The monoisotopic (exact) mass is 299 g/mol. The summed E-state index contributed by atoms with van der Waals surface area (Å²) in [5.74, 6) is -0.874. The second-order valence-electron chi connectivity index (χ2n) is 4.66. The number of aliphatic carboxylic acids is 1. The molecule has 1 aromatic carbocycles. The van der Waals surface area contributed by atoms with Crippen molar-refractivity contribution in [1.29, 1.82) is 0 Å². The Hall–Kier alpha value is -2.89. The number of carbonyl (C=O) groups excluding carboxylic acids is 1. The summed E-state index contributed by atoms with van der Waals surface area (Å²) in [6, 6.07) is 12.3. The van der Waals surface area contributed by atoms with Gasteiger partial charge in [0.05, 0.1) is 11.9 Å². The molecule has 0 fully saturated rings. The van der Waals surface area contributed by atoms with Crippen molar-refractivity contribution in [2.24, 2.45) is 0 Å². The first-order valence-electron chi connectivity index (χ1n) is 6.92. The molecule has 0 aliphatic carbocycles. The van der Waals surface area contributed by atoms with Gasteiger partial charge in [-0.2, -0.15) is 0 Å². The minimum atomic E-state index is -0.874. The number of pyridine rings is 1. The number of carbonyl (C=O) groups is 2. The lowest BCUT2D eigenvalue weighted by molar-refractivity contribution is -0.137. The van der Waals surface area contributed by atoms with Crippen LogP contribution in [0.3, 0.4) is 0 Å². The van der Waals surface area contributed by atoms with Gasteiger partial charge in [0.2, 0.25) is 0 Å². The van der Waals surface area contributed by atoms with Crippen LogP contribution in [-0.2, 0) is 4.79 Å². The fourth-order valence-electron chi connectivity index (χ4n) is 1.97. The van der Waals surface area contributed by atoms with E-state index in [0.29, 0.717) is 24.3 Å². The summed E-state index contributed by atoms with van der Waals surface area (Å²) in [6.45, 7) is 0.322. The van der Waals surface area contributed by atoms with Crippen LogP contribution in [0.2, 0.25) is 0 Å². The van der Waals surface area contributed by atoms with Gasteiger partial charge in [0.15, 0.2) is 0 Å². The topological polar surface area (TPSA) is 82.5 Å². The van der Waals surface area contributed by atoms with Crippen LogP contribution in [0.4, 0.5) is 16.2 Å². The number of carboxylic acids is 1. The number of rotatable bonds is 6. The molecule has 2 rings (SSSR count). The molecule has 6 heteroatoms. The van der Waals surface area contributed by atoms with E-state index in [-0.39, 0.29) is 12.5 Å². The Kier molecular flexibility index (Phi) is 5.48. The van der Waals surface area contributed by atoms with E-state index >= 15 is 0 Å². The van der Waals surface area contributed by atoms with Gasteiger partial charge in [-0.1, -0.05) is 18.2 Å². The molecule has 0 radical (unpaired) electrons. The van der Waals surface area contributed by atoms with E-state index in [4.69, 9.17) is 5.11 Å². The van der Waals surface area contributed by atoms with Gasteiger partial charge in [0, 0.05) is 24.8 Å². The van der Waals surface area contributed by atoms with Gasteiger partial charge in [-0.05, 0) is 30.7 Å². The minimum absolute atomic E-state index is 0.0174. The highest BCUT2D eigenvalue weighted by molar-refractivity contribution is 6.01. The minimum Gasteiger partial charge on any atom is -0.481 e. The molecule has 0 saturated heterocycles. The fraction of sp³-hybridized carbons (Fsp3) is 0.188. The van der Waals surface area contributed by atoms with Crippen molar-refractivity contribution in [3.8, 4) is 0 Å². The third kappa shape index (κ3) is 4.59. The number of carboxylic acid groups (broad SMARTS) is 1. The number of para-hydroxylation sites is 1. The molecular formula is C16H17N3O3. The third-order valence-corrected chi connectivity index (χ3v) is 3.00. The van der Waals surface area contributed by atoms with Crippen molar-refractivity contribution in [3.63, 3.8) is 0 Å². The lowest BCUT2D eigenvalue weighted by atomic mass is 10.2. The van der Waals surface area contributed by atoms with E-state index in [2.05, 4.69) is 10.3 Å². The van der Waals surface area contributed by atoms with Crippen LogP contribution >= 0.6 is 0 Å². The predicted molar refractivity (Wildman–Crippen MR) is 83.9 cm³/mol. The van der Waals surface area contributed by atoms with Crippen LogP contribution in [0.5, 0.6) is 0 Å². The normalized spacial score (nSPS) is 10.0. The first-order chi connectivity index (χ1) is 10.7. The van der Waals surface area contributed by atoms with E-state index in [1.54, 1.807) is 24.5 Å². The molecule has 114 valence electrons. The smallest absolute Gasteiger partial charge is 0.326 e. The number of aromatic nitrogens is 1. The molecule has 0 aliphatic rings. The van der Waals surface area contributed by atoms with Crippen LogP contribution in [0.1, 0.15) is 12.8 Å². The molecule has 2 N–H and O–H groups in total. The molecular weight excluding hydrogens is 282 g/mol. The Morgan fingerprint density at radius 3 is 2.55 bits per heavy atom. The van der Waals surface area contributed by atoms with Gasteiger partial charge < -0.3 is 10.4 Å². The second kappa shape index (κ2) is 7.78. The molecule has 0 spiro atoms. The molecule has 0 atom stereocenters. The van der Waals surface area contributed by atoms with Crippen molar-refractivity contribution < 1.29 is 14.7 Å². The molecule has 1 heterocycles. The van der Waals surface area contributed by atoms with Gasteiger partial charge in [-0.15, -0.1) is 0 Å². The van der Waals surface area contributed by atoms with Crippen molar-refractivity contribution >= 4 is 23.4 Å². The number of benzene rings is 1. The van der Waals surface area contributed by atoms with Gasteiger partial charge in [-0.3, -0.25) is 14.7 Å². The molecule has 2 aromatic rings. The number of nitrogens with one attached hydrogen (secondary N) is 1. The first kappa shape index (κ1) is 15.5. The van der Waals surface area contributed by atoms with Crippen molar-refractivity contribution in [2.75, 3.05) is 16.8 Å². The molecule has 2 amide bonds. The Bertz CT molecular complexity index is 617.